The second kappa shape index (κ2) is 8.14. The standard InChI is InChI=1S/C19H20F3N3O3/c1-2-28-18(27)14-10-23-25(17(14)19(20,21)22)16-9-5-8-15(24-16)13-7-4-3-6-12(13)11-26/h5,8-10,26H,2-4,6-7,11H2,1H3. The Morgan fingerprint density at radius 3 is 2.71 bits per heavy atom. The van der Waals surface area contributed by atoms with Crippen molar-refractivity contribution >= 4 is 11.5 Å². The number of aromatic nitrogens is 3. The van der Waals surface area contributed by atoms with Crippen molar-refractivity contribution in [3.63, 3.8) is 0 Å². The second-order valence-corrected chi connectivity index (χ2v) is 6.37. The number of hydrogen-bond acceptors (Lipinski definition) is 5. The number of carbonyl (C=O) groups is 1. The molecule has 0 aliphatic heterocycles. The molecule has 2 aromatic heterocycles. The summed E-state index contributed by atoms with van der Waals surface area (Å²) in [5.41, 5.74) is 0.314. The van der Waals surface area contributed by atoms with Gasteiger partial charge in [-0.05, 0) is 55.9 Å². The molecule has 3 rings (SSSR count). The molecule has 1 N–H and O–H groups in total. The van der Waals surface area contributed by atoms with E-state index in [0.29, 0.717) is 16.8 Å². The highest BCUT2D eigenvalue weighted by Crippen LogP contribution is 2.35. The number of hydrogen-bond donors (Lipinski definition) is 1. The maximum Gasteiger partial charge on any atom is 0.434 e. The molecule has 0 spiro atoms. The summed E-state index contributed by atoms with van der Waals surface area (Å²) in [6.07, 6.45) is -0.663. The van der Waals surface area contributed by atoms with Crippen LogP contribution >= 0.6 is 0 Å². The van der Waals surface area contributed by atoms with Gasteiger partial charge in [0.2, 0.25) is 0 Å². The van der Waals surface area contributed by atoms with Crippen molar-refractivity contribution in [2.75, 3.05) is 13.2 Å². The zero-order valence-corrected chi connectivity index (χ0v) is 15.3. The summed E-state index contributed by atoms with van der Waals surface area (Å²) in [4.78, 5) is 16.3. The first kappa shape index (κ1) is 20.1. The van der Waals surface area contributed by atoms with Gasteiger partial charge < -0.3 is 9.84 Å². The lowest BCUT2D eigenvalue weighted by atomic mass is 9.90. The van der Waals surface area contributed by atoms with Crippen molar-refractivity contribution in [1.82, 2.24) is 14.8 Å². The first-order valence-electron chi connectivity index (χ1n) is 8.98. The largest absolute Gasteiger partial charge is 0.462 e. The fraction of sp³-hybridized carbons (Fsp3) is 0.421. The fourth-order valence-corrected chi connectivity index (χ4v) is 3.31. The third kappa shape index (κ3) is 3.94. The van der Waals surface area contributed by atoms with Gasteiger partial charge in [-0.1, -0.05) is 6.07 Å². The van der Waals surface area contributed by atoms with Crippen LogP contribution in [-0.4, -0.2) is 39.1 Å². The van der Waals surface area contributed by atoms with Gasteiger partial charge in [0, 0.05) is 0 Å². The Morgan fingerprint density at radius 1 is 1.29 bits per heavy atom. The Morgan fingerprint density at radius 2 is 2.04 bits per heavy atom. The number of rotatable bonds is 5. The molecule has 0 unspecified atom stereocenters. The van der Waals surface area contributed by atoms with Gasteiger partial charge in [0.25, 0.3) is 0 Å². The van der Waals surface area contributed by atoms with Crippen LogP contribution in [0.3, 0.4) is 0 Å². The summed E-state index contributed by atoms with van der Waals surface area (Å²) in [6, 6.07) is 4.67. The molecular weight excluding hydrogens is 375 g/mol. The van der Waals surface area contributed by atoms with Gasteiger partial charge in [0.05, 0.1) is 25.1 Å². The molecule has 0 aromatic carbocycles. The van der Waals surface area contributed by atoms with Crippen LogP contribution in [0.1, 0.15) is 54.4 Å². The van der Waals surface area contributed by atoms with E-state index in [1.54, 1.807) is 12.1 Å². The van der Waals surface area contributed by atoms with Crippen molar-refractivity contribution in [3.05, 3.63) is 46.9 Å². The molecule has 28 heavy (non-hydrogen) atoms. The maximum atomic E-state index is 13.7. The summed E-state index contributed by atoms with van der Waals surface area (Å²) < 4.78 is 46.3. The summed E-state index contributed by atoms with van der Waals surface area (Å²) in [6.45, 7) is 1.36. The minimum absolute atomic E-state index is 0.0485. The number of carbonyl (C=O) groups excluding carboxylic acids is 1. The molecule has 150 valence electrons. The topological polar surface area (TPSA) is 77.2 Å². The molecule has 2 heterocycles. The van der Waals surface area contributed by atoms with Crippen LogP contribution < -0.4 is 0 Å². The zero-order valence-electron chi connectivity index (χ0n) is 15.3. The number of pyridine rings is 1. The number of halogens is 3. The van der Waals surface area contributed by atoms with E-state index < -0.39 is 23.4 Å². The number of nitrogens with zero attached hydrogens (tertiary/aromatic N) is 3. The van der Waals surface area contributed by atoms with Crippen LogP contribution in [0.2, 0.25) is 0 Å². The molecule has 0 bridgehead atoms. The Labute approximate surface area is 159 Å². The molecule has 0 fully saturated rings. The molecule has 2 aromatic rings. The maximum absolute atomic E-state index is 13.7. The normalized spacial score (nSPS) is 15.0. The van der Waals surface area contributed by atoms with E-state index in [-0.39, 0.29) is 19.0 Å². The van der Waals surface area contributed by atoms with E-state index in [9.17, 15) is 23.1 Å². The van der Waals surface area contributed by atoms with E-state index in [1.807, 2.05) is 0 Å². The van der Waals surface area contributed by atoms with Gasteiger partial charge in [-0.2, -0.15) is 18.3 Å². The molecule has 0 atom stereocenters. The molecule has 9 heteroatoms. The summed E-state index contributed by atoms with van der Waals surface area (Å²) in [5, 5.41) is 13.3. The van der Waals surface area contributed by atoms with E-state index in [2.05, 4.69) is 10.1 Å². The molecular formula is C19H20F3N3O3. The highest BCUT2D eigenvalue weighted by molar-refractivity contribution is 5.90. The second-order valence-electron chi connectivity index (χ2n) is 6.37. The van der Waals surface area contributed by atoms with Crippen molar-refractivity contribution in [3.8, 4) is 5.82 Å². The summed E-state index contributed by atoms with van der Waals surface area (Å²) >= 11 is 0. The van der Waals surface area contributed by atoms with Crippen molar-refractivity contribution < 1.29 is 27.8 Å². The molecule has 0 saturated carbocycles. The van der Waals surface area contributed by atoms with Crippen LogP contribution in [0.5, 0.6) is 0 Å². The first-order valence-corrected chi connectivity index (χ1v) is 8.98. The van der Waals surface area contributed by atoms with Crippen molar-refractivity contribution in [2.45, 2.75) is 38.8 Å². The number of aliphatic hydroxyl groups is 1. The Kier molecular flexibility index (Phi) is 5.83. The number of aliphatic hydroxyl groups excluding tert-OH is 1. The van der Waals surface area contributed by atoms with E-state index >= 15 is 0 Å². The van der Waals surface area contributed by atoms with Gasteiger partial charge in [-0.15, -0.1) is 0 Å². The van der Waals surface area contributed by atoms with Crippen LogP contribution in [0.15, 0.2) is 30.0 Å². The molecule has 1 aliphatic rings. The predicted octanol–water partition coefficient (Wildman–Crippen LogP) is 3.78. The van der Waals surface area contributed by atoms with Crippen molar-refractivity contribution in [2.24, 2.45) is 0 Å². The third-order valence-corrected chi connectivity index (χ3v) is 4.57. The molecule has 6 nitrogen and oxygen atoms in total. The quantitative estimate of drug-likeness (QED) is 0.780. The Hall–Kier alpha value is -2.68. The van der Waals surface area contributed by atoms with Crippen LogP contribution in [0, 0.1) is 0 Å². The van der Waals surface area contributed by atoms with E-state index in [1.165, 1.54) is 13.0 Å². The van der Waals surface area contributed by atoms with Gasteiger partial charge in [0.15, 0.2) is 11.5 Å². The van der Waals surface area contributed by atoms with Gasteiger partial charge in [0.1, 0.15) is 5.56 Å². The average Bonchev–Trinajstić information content (AvgIpc) is 3.14. The smallest absolute Gasteiger partial charge is 0.434 e. The molecule has 0 radical (unpaired) electrons. The fourth-order valence-electron chi connectivity index (χ4n) is 3.31. The lowest BCUT2D eigenvalue weighted by Gasteiger charge is -2.19. The van der Waals surface area contributed by atoms with Gasteiger partial charge in [-0.25, -0.2) is 14.5 Å². The lowest BCUT2D eigenvalue weighted by Crippen LogP contribution is -2.19. The number of alkyl halides is 3. The molecule has 0 saturated heterocycles. The van der Waals surface area contributed by atoms with Crippen LogP contribution in [-0.2, 0) is 10.9 Å². The molecule has 0 amide bonds. The number of allylic oxidation sites excluding steroid dienone is 1. The van der Waals surface area contributed by atoms with Crippen LogP contribution in [0.25, 0.3) is 11.4 Å². The monoisotopic (exact) mass is 395 g/mol. The minimum Gasteiger partial charge on any atom is -0.462 e. The van der Waals surface area contributed by atoms with Crippen LogP contribution in [0.4, 0.5) is 13.2 Å². The molecule has 1 aliphatic carbocycles. The Bertz CT molecular complexity index is 903. The predicted molar refractivity (Wildman–Crippen MR) is 94.8 cm³/mol. The number of esters is 1. The van der Waals surface area contributed by atoms with Crippen molar-refractivity contribution in [1.29, 1.82) is 0 Å². The highest BCUT2D eigenvalue weighted by Gasteiger charge is 2.41. The van der Waals surface area contributed by atoms with E-state index in [0.717, 1.165) is 36.6 Å². The number of ether oxygens (including phenoxy) is 1. The Balaban J connectivity index is 2.10. The van der Waals surface area contributed by atoms with E-state index in [4.69, 9.17) is 4.74 Å². The average molecular weight is 395 g/mol. The minimum atomic E-state index is -4.82. The summed E-state index contributed by atoms with van der Waals surface area (Å²) in [5.74, 6) is -1.15. The van der Waals surface area contributed by atoms with Gasteiger partial charge >= 0.3 is 12.1 Å². The first-order chi connectivity index (χ1) is 13.4. The van der Waals surface area contributed by atoms with Gasteiger partial charge in [-0.3, -0.25) is 0 Å². The zero-order chi connectivity index (χ0) is 20.3. The third-order valence-electron chi connectivity index (χ3n) is 4.57. The highest BCUT2D eigenvalue weighted by atomic mass is 19.4. The summed E-state index contributed by atoms with van der Waals surface area (Å²) in [7, 11) is 0. The SMILES string of the molecule is CCOC(=O)c1cnn(-c2cccc(C3=C(CO)CCCC3)n2)c1C(F)(F)F. The lowest BCUT2D eigenvalue weighted by molar-refractivity contribution is -0.143.